The van der Waals surface area contributed by atoms with Crippen LogP contribution in [0, 0.1) is 6.92 Å². The molecule has 0 atom stereocenters. The monoisotopic (exact) mass is 549 g/mol. The molecule has 0 saturated heterocycles. The Hall–Kier alpha value is -2.53. The molecule has 0 heterocycles. The maximum absolute atomic E-state index is 10.5. The van der Waals surface area contributed by atoms with E-state index in [9.17, 15) is 4.79 Å². The van der Waals surface area contributed by atoms with Crippen molar-refractivity contribution in [3.63, 3.8) is 0 Å². The SMILES string of the molecule is Cc1ccccc1C([NH-])=O.[Cl][Ti][Cl].c1ccc([Si]c2ccccc2)cc1.c1ccc2[cH-]ccc2c1. The topological polar surface area (TPSA) is 40.9 Å². The Kier molecular flexibility index (Phi) is 13.9. The van der Waals surface area contributed by atoms with Gasteiger partial charge in [0.15, 0.2) is 0 Å². The van der Waals surface area contributed by atoms with Crippen LogP contribution in [0.15, 0.2) is 127 Å². The minimum Gasteiger partial charge on any atom is -0.168 e. The van der Waals surface area contributed by atoms with Crippen LogP contribution in [-0.2, 0) is 17.0 Å². The number of benzene rings is 4. The molecule has 0 spiro atoms. The molecule has 35 heavy (non-hydrogen) atoms. The number of rotatable bonds is 3. The molecule has 2 nitrogen and oxygen atoms in total. The number of halogens is 2. The Balaban J connectivity index is 0.000000178. The molecule has 0 aliphatic carbocycles. The minimum atomic E-state index is -0.613. The van der Waals surface area contributed by atoms with Crippen molar-refractivity contribution in [2.45, 2.75) is 6.92 Å². The van der Waals surface area contributed by atoms with Crippen molar-refractivity contribution < 1.29 is 21.8 Å². The number of carbonyl (C=O) groups is 1. The fraction of sp³-hybridized carbons (Fsp3) is 0.0345. The summed E-state index contributed by atoms with van der Waals surface area (Å²) in [6.07, 6.45) is 0. The first-order valence-corrected chi connectivity index (χ1v) is 16.1. The predicted octanol–water partition coefficient (Wildman–Crippen LogP) is 7.46. The van der Waals surface area contributed by atoms with Crippen LogP contribution in [0.1, 0.15) is 15.9 Å². The molecule has 5 aromatic carbocycles. The summed E-state index contributed by atoms with van der Waals surface area (Å²) in [4.78, 5) is 10.5. The molecule has 0 aliphatic rings. The first-order chi connectivity index (χ1) is 17.0. The molecule has 0 aliphatic heterocycles. The summed E-state index contributed by atoms with van der Waals surface area (Å²) in [6, 6.07) is 42.9. The summed E-state index contributed by atoms with van der Waals surface area (Å²) in [6.45, 7) is 1.82. The van der Waals surface area contributed by atoms with Crippen molar-refractivity contribution >= 4 is 55.2 Å². The average molecular weight is 550 g/mol. The van der Waals surface area contributed by atoms with Gasteiger partial charge in [-0.25, -0.2) is 0 Å². The number of aryl methyl sites for hydroxylation is 1. The van der Waals surface area contributed by atoms with E-state index in [1.54, 1.807) is 12.1 Å². The van der Waals surface area contributed by atoms with E-state index >= 15 is 0 Å². The predicted molar refractivity (Wildman–Crippen MR) is 149 cm³/mol. The van der Waals surface area contributed by atoms with Gasteiger partial charge in [-0.05, 0) is 12.5 Å². The van der Waals surface area contributed by atoms with Crippen LogP contribution in [0.25, 0.3) is 16.5 Å². The van der Waals surface area contributed by atoms with E-state index in [4.69, 9.17) is 24.3 Å². The van der Waals surface area contributed by atoms with Crippen molar-refractivity contribution in [3.05, 3.63) is 144 Å². The summed E-state index contributed by atoms with van der Waals surface area (Å²) < 4.78 is 0. The molecule has 5 rings (SSSR count). The molecule has 5 aromatic rings. The maximum Gasteiger partial charge on any atom is 0.121 e. The molecule has 0 fully saturated rings. The van der Waals surface area contributed by atoms with Gasteiger partial charge >= 0.3 is 35.6 Å². The van der Waals surface area contributed by atoms with E-state index in [2.05, 4.69) is 103 Å². The third kappa shape index (κ3) is 11.2. The van der Waals surface area contributed by atoms with Gasteiger partial charge in [0.25, 0.3) is 0 Å². The second kappa shape index (κ2) is 17.0. The van der Waals surface area contributed by atoms with Gasteiger partial charge in [-0.15, -0.1) is 29.7 Å². The van der Waals surface area contributed by atoms with Crippen molar-refractivity contribution in [2.75, 3.05) is 0 Å². The quantitative estimate of drug-likeness (QED) is 0.170. The fourth-order valence-corrected chi connectivity index (χ4v) is 4.16. The zero-order valence-corrected chi connectivity index (χ0v) is 23.4. The first-order valence-electron chi connectivity index (χ1n) is 10.8. The van der Waals surface area contributed by atoms with E-state index in [1.807, 2.05) is 19.1 Å². The number of hydrogen-bond donors (Lipinski definition) is 0. The van der Waals surface area contributed by atoms with Crippen molar-refractivity contribution in [3.8, 4) is 0 Å². The summed E-state index contributed by atoms with van der Waals surface area (Å²) in [5, 5.41) is 5.46. The van der Waals surface area contributed by atoms with Gasteiger partial charge in [0.05, 0.1) is 5.91 Å². The summed E-state index contributed by atoms with van der Waals surface area (Å²) in [7, 11) is 10.6. The van der Waals surface area contributed by atoms with E-state index < -0.39 is 22.9 Å². The first kappa shape index (κ1) is 28.7. The van der Waals surface area contributed by atoms with Crippen LogP contribution < -0.4 is 10.4 Å². The van der Waals surface area contributed by atoms with Gasteiger partial charge in [0, 0.05) is 5.56 Å². The van der Waals surface area contributed by atoms with E-state index in [-0.39, 0.29) is 0 Å². The smallest absolute Gasteiger partial charge is 0.121 e. The van der Waals surface area contributed by atoms with Gasteiger partial charge in [0.1, 0.15) is 9.52 Å². The molecular formula is C29H25Cl2NOSiTi-2. The van der Waals surface area contributed by atoms with Crippen LogP contribution >= 0.6 is 18.6 Å². The Morgan fingerprint density at radius 1 is 0.743 bits per heavy atom. The third-order valence-corrected chi connectivity index (χ3v) is 6.02. The van der Waals surface area contributed by atoms with E-state index in [1.165, 1.54) is 21.1 Å². The summed E-state index contributed by atoms with van der Waals surface area (Å²) in [5.41, 5.74) is 8.17. The van der Waals surface area contributed by atoms with Crippen molar-refractivity contribution in [1.82, 2.24) is 0 Å². The van der Waals surface area contributed by atoms with Crippen LogP contribution in [0.4, 0.5) is 0 Å². The average Bonchev–Trinajstić information content (AvgIpc) is 3.36. The Labute approximate surface area is 227 Å². The molecule has 0 bridgehead atoms. The second-order valence-electron chi connectivity index (χ2n) is 7.23. The number of amides is 1. The standard InChI is InChI=1S/C12H10Si.C9H7.C8H9NO.2ClH.Ti/c1-3-7-11(8-4-1)13-12-9-5-2-6-10-12;1-2-5-9-7-3-6-8(9)4-1;1-6-4-2-3-5-7(6)8(9)10;;;/h1-10H;1-7H;2-5H,1H3,(H2,9,10);2*1H;/q;-1;;;;+2/p-3. The second-order valence-corrected chi connectivity index (χ2v) is 11.2. The van der Waals surface area contributed by atoms with Crippen LogP contribution in [-0.4, -0.2) is 15.4 Å². The Bertz CT molecular complexity index is 1200. The zero-order chi connectivity index (χ0) is 25.3. The Morgan fingerprint density at radius 3 is 1.71 bits per heavy atom. The Morgan fingerprint density at radius 2 is 1.23 bits per heavy atom. The maximum atomic E-state index is 10.5. The van der Waals surface area contributed by atoms with Gasteiger partial charge in [-0.1, -0.05) is 101 Å². The molecule has 1 amide bonds. The molecule has 2 radical (unpaired) electrons. The third-order valence-electron chi connectivity index (χ3n) is 4.77. The normalized spacial score (nSPS) is 9.34. The number of carbonyl (C=O) groups excluding carboxylic acids is 1. The van der Waals surface area contributed by atoms with Crippen LogP contribution in [0.3, 0.4) is 0 Å². The van der Waals surface area contributed by atoms with Crippen molar-refractivity contribution in [2.24, 2.45) is 0 Å². The molecule has 0 aromatic heterocycles. The zero-order valence-electron chi connectivity index (χ0n) is 19.3. The van der Waals surface area contributed by atoms with Gasteiger partial charge < -0.3 is 10.5 Å². The minimum absolute atomic E-state index is 0.488. The molecule has 176 valence electrons. The van der Waals surface area contributed by atoms with Crippen LogP contribution in [0.2, 0.25) is 0 Å². The largest absolute Gasteiger partial charge is 0.168 e. The van der Waals surface area contributed by atoms with Crippen LogP contribution in [0.5, 0.6) is 0 Å². The van der Waals surface area contributed by atoms with Gasteiger partial charge in [-0.2, -0.15) is 17.5 Å². The number of hydrogen-bond acceptors (Lipinski definition) is 1. The van der Waals surface area contributed by atoms with Crippen molar-refractivity contribution in [1.29, 1.82) is 0 Å². The number of nitrogens with one attached hydrogen (secondary N) is 1. The molecule has 6 heteroatoms. The van der Waals surface area contributed by atoms with Gasteiger partial charge in [-0.3, -0.25) is 0 Å². The summed E-state index contributed by atoms with van der Waals surface area (Å²) >= 11 is -0.556. The molecule has 0 saturated carbocycles. The summed E-state index contributed by atoms with van der Waals surface area (Å²) in [5.74, 6) is -0.613. The van der Waals surface area contributed by atoms with Gasteiger partial charge in [0.2, 0.25) is 0 Å². The number of fused-ring (bicyclic) bond motifs is 1. The molecular weight excluding hydrogens is 525 g/mol. The fourth-order valence-electron chi connectivity index (χ4n) is 3.11. The van der Waals surface area contributed by atoms with E-state index in [0.29, 0.717) is 5.56 Å². The molecule has 0 unspecified atom stereocenters. The molecule has 1 N–H and O–H groups in total. The van der Waals surface area contributed by atoms with E-state index in [0.717, 1.165) is 15.1 Å².